The first-order valence-electron chi connectivity index (χ1n) is 6.18. The minimum Gasteiger partial charge on any atom is -0.271 e. The Labute approximate surface area is 131 Å². The Balaban J connectivity index is 2.21. The van der Waals surface area contributed by atoms with Crippen LogP contribution in [0.2, 0.25) is 0 Å². The van der Waals surface area contributed by atoms with Crippen LogP contribution < -0.4 is 11.3 Å². The fourth-order valence-electron chi connectivity index (χ4n) is 2.04. The van der Waals surface area contributed by atoms with E-state index in [2.05, 4.69) is 33.5 Å². The smallest absolute Gasteiger partial charge is 0.137 e. The Bertz CT molecular complexity index is 575. The molecule has 2 aromatic rings. The maximum atomic E-state index is 13.5. The standard InChI is InChI=1S/C15H16BrFN2S/c1-20-12-7-5-10(6-8-12)14(19-18)9-11-3-2-4-13(17)15(11)16/h2-8,14,19H,9,18H2,1H3. The summed E-state index contributed by atoms with van der Waals surface area (Å²) in [5, 5.41) is 0. The second kappa shape index (κ2) is 7.22. The molecule has 0 heterocycles. The molecular formula is C15H16BrFN2S. The molecule has 0 radical (unpaired) electrons. The number of hydrogen-bond donors (Lipinski definition) is 2. The van der Waals surface area contributed by atoms with Crippen molar-refractivity contribution in [1.82, 2.24) is 5.43 Å². The molecule has 1 atom stereocenters. The summed E-state index contributed by atoms with van der Waals surface area (Å²) in [7, 11) is 0. The molecule has 0 aromatic heterocycles. The van der Waals surface area contributed by atoms with Crippen molar-refractivity contribution >= 4 is 27.7 Å². The van der Waals surface area contributed by atoms with Crippen molar-refractivity contribution in [1.29, 1.82) is 0 Å². The number of benzene rings is 2. The lowest BCUT2D eigenvalue weighted by atomic mass is 9.99. The molecule has 2 rings (SSSR count). The van der Waals surface area contributed by atoms with Gasteiger partial charge in [-0.15, -0.1) is 11.8 Å². The lowest BCUT2D eigenvalue weighted by Crippen LogP contribution is -2.29. The fourth-order valence-corrected chi connectivity index (χ4v) is 2.87. The van der Waals surface area contributed by atoms with E-state index < -0.39 is 0 Å². The maximum absolute atomic E-state index is 13.5. The van der Waals surface area contributed by atoms with E-state index in [1.807, 2.05) is 24.5 Å². The Hall–Kier alpha value is -0.880. The molecule has 5 heteroatoms. The van der Waals surface area contributed by atoms with E-state index in [4.69, 9.17) is 5.84 Å². The van der Waals surface area contributed by atoms with Gasteiger partial charge in [0.2, 0.25) is 0 Å². The first-order valence-corrected chi connectivity index (χ1v) is 8.20. The Morgan fingerprint density at radius 2 is 1.95 bits per heavy atom. The van der Waals surface area contributed by atoms with Crippen molar-refractivity contribution in [3.63, 3.8) is 0 Å². The van der Waals surface area contributed by atoms with Gasteiger partial charge >= 0.3 is 0 Å². The highest BCUT2D eigenvalue weighted by molar-refractivity contribution is 9.10. The maximum Gasteiger partial charge on any atom is 0.137 e. The van der Waals surface area contributed by atoms with Crippen molar-refractivity contribution < 1.29 is 4.39 Å². The molecule has 0 spiro atoms. The summed E-state index contributed by atoms with van der Waals surface area (Å²) in [6.45, 7) is 0. The van der Waals surface area contributed by atoms with Gasteiger partial charge in [-0.2, -0.15) is 0 Å². The van der Waals surface area contributed by atoms with Crippen molar-refractivity contribution in [2.24, 2.45) is 5.84 Å². The molecule has 0 aliphatic carbocycles. The third-order valence-corrected chi connectivity index (χ3v) is 4.81. The predicted octanol–water partition coefficient (Wildman–Crippen LogP) is 4.06. The highest BCUT2D eigenvalue weighted by Gasteiger charge is 2.14. The Kier molecular flexibility index (Phi) is 5.60. The van der Waals surface area contributed by atoms with E-state index in [1.54, 1.807) is 17.8 Å². The number of thioether (sulfide) groups is 1. The molecule has 2 nitrogen and oxygen atoms in total. The Morgan fingerprint density at radius 1 is 1.25 bits per heavy atom. The van der Waals surface area contributed by atoms with E-state index in [0.717, 1.165) is 11.1 Å². The normalized spacial score (nSPS) is 12.4. The molecule has 0 bridgehead atoms. The van der Waals surface area contributed by atoms with Gasteiger partial charge in [-0.25, -0.2) is 4.39 Å². The van der Waals surface area contributed by atoms with Crippen LogP contribution in [0.1, 0.15) is 17.2 Å². The van der Waals surface area contributed by atoms with Gasteiger partial charge in [0.1, 0.15) is 5.82 Å². The van der Waals surface area contributed by atoms with Crippen LogP contribution in [0.4, 0.5) is 4.39 Å². The highest BCUT2D eigenvalue weighted by Crippen LogP contribution is 2.26. The molecule has 1 unspecified atom stereocenters. The van der Waals surface area contributed by atoms with Gasteiger partial charge in [-0.1, -0.05) is 24.3 Å². The monoisotopic (exact) mass is 354 g/mol. The van der Waals surface area contributed by atoms with Gasteiger partial charge in [0.15, 0.2) is 0 Å². The quantitative estimate of drug-likeness (QED) is 0.483. The van der Waals surface area contributed by atoms with Crippen LogP contribution in [0.15, 0.2) is 51.8 Å². The molecule has 106 valence electrons. The first-order chi connectivity index (χ1) is 9.65. The van der Waals surface area contributed by atoms with Crippen LogP contribution in [0.3, 0.4) is 0 Å². The SMILES string of the molecule is CSc1ccc(C(Cc2cccc(F)c2Br)NN)cc1. The largest absolute Gasteiger partial charge is 0.271 e. The molecular weight excluding hydrogens is 339 g/mol. The lowest BCUT2D eigenvalue weighted by molar-refractivity contribution is 0.546. The molecule has 0 fully saturated rings. The zero-order valence-electron chi connectivity index (χ0n) is 11.1. The van der Waals surface area contributed by atoms with E-state index in [9.17, 15) is 4.39 Å². The third-order valence-electron chi connectivity index (χ3n) is 3.17. The van der Waals surface area contributed by atoms with E-state index in [0.29, 0.717) is 10.9 Å². The summed E-state index contributed by atoms with van der Waals surface area (Å²) in [5.41, 5.74) is 4.78. The van der Waals surface area contributed by atoms with Crippen molar-refractivity contribution in [3.8, 4) is 0 Å². The van der Waals surface area contributed by atoms with Crippen LogP contribution in [-0.2, 0) is 6.42 Å². The molecule has 0 aliphatic rings. The molecule has 3 N–H and O–H groups in total. The summed E-state index contributed by atoms with van der Waals surface area (Å²) in [5.74, 6) is 5.39. The zero-order chi connectivity index (χ0) is 14.5. The fraction of sp³-hybridized carbons (Fsp3) is 0.200. The van der Waals surface area contributed by atoms with Crippen LogP contribution in [0, 0.1) is 5.82 Å². The van der Waals surface area contributed by atoms with Gasteiger partial charge in [0, 0.05) is 4.90 Å². The van der Waals surface area contributed by atoms with Crippen molar-refractivity contribution in [3.05, 3.63) is 63.9 Å². The highest BCUT2D eigenvalue weighted by atomic mass is 79.9. The predicted molar refractivity (Wildman–Crippen MR) is 86.1 cm³/mol. The molecule has 2 aromatic carbocycles. The lowest BCUT2D eigenvalue weighted by Gasteiger charge is -2.17. The minimum absolute atomic E-state index is 0.0518. The Morgan fingerprint density at radius 3 is 2.55 bits per heavy atom. The van der Waals surface area contributed by atoms with E-state index >= 15 is 0 Å². The second-order valence-corrected chi connectivity index (χ2v) is 6.08. The van der Waals surface area contributed by atoms with Gasteiger partial charge in [-0.3, -0.25) is 11.3 Å². The van der Waals surface area contributed by atoms with Gasteiger partial charge in [-0.05, 0) is 57.9 Å². The van der Waals surface area contributed by atoms with Crippen LogP contribution in [-0.4, -0.2) is 6.26 Å². The van der Waals surface area contributed by atoms with Gasteiger partial charge < -0.3 is 0 Å². The summed E-state index contributed by atoms with van der Waals surface area (Å²) in [4.78, 5) is 1.21. The van der Waals surface area contributed by atoms with Gasteiger partial charge in [0.25, 0.3) is 0 Å². The number of hydrogen-bond acceptors (Lipinski definition) is 3. The van der Waals surface area contributed by atoms with Gasteiger partial charge in [0.05, 0.1) is 10.5 Å². The average Bonchev–Trinajstić information content (AvgIpc) is 2.49. The van der Waals surface area contributed by atoms with E-state index in [1.165, 1.54) is 11.0 Å². The van der Waals surface area contributed by atoms with Crippen LogP contribution in [0.25, 0.3) is 0 Å². The zero-order valence-corrected chi connectivity index (χ0v) is 13.5. The molecule has 0 saturated carbocycles. The topological polar surface area (TPSA) is 38.0 Å². The van der Waals surface area contributed by atoms with Crippen LogP contribution in [0.5, 0.6) is 0 Å². The van der Waals surface area contributed by atoms with Crippen LogP contribution >= 0.6 is 27.7 Å². The molecule has 0 saturated heterocycles. The average molecular weight is 355 g/mol. The number of hydrazine groups is 1. The minimum atomic E-state index is -0.254. The number of halogens is 2. The number of rotatable bonds is 5. The number of nitrogens with two attached hydrogens (primary N) is 1. The molecule has 0 aliphatic heterocycles. The first kappa shape index (κ1) is 15.5. The summed E-state index contributed by atoms with van der Waals surface area (Å²) in [6, 6.07) is 13.2. The second-order valence-electron chi connectivity index (χ2n) is 4.41. The third kappa shape index (κ3) is 3.61. The number of nitrogens with one attached hydrogen (secondary N) is 1. The van der Waals surface area contributed by atoms with Crippen molar-refractivity contribution in [2.45, 2.75) is 17.4 Å². The summed E-state index contributed by atoms with van der Waals surface area (Å²) < 4.78 is 14.0. The van der Waals surface area contributed by atoms with Crippen molar-refractivity contribution in [2.75, 3.05) is 6.26 Å². The summed E-state index contributed by atoms with van der Waals surface area (Å²) in [6.07, 6.45) is 2.66. The van der Waals surface area contributed by atoms with E-state index in [-0.39, 0.29) is 11.9 Å². The molecule has 0 amide bonds. The molecule has 20 heavy (non-hydrogen) atoms. The summed E-state index contributed by atoms with van der Waals surface area (Å²) >= 11 is 4.98.